The molecule has 3 rings (SSSR count). The molecule has 0 spiro atoms. The van der Waals surface area contributed by atoms with Crippen LogP contribution in [0.15, 0.2) is 42.5 Å². The number of aryl methyl sites for hydroxylation is 1. The molecule has 1 saturated heterocycles. The maximum absolute atomic E-state index is 12.9. The van der Waals surface area contributed by atoms with Crippen molar-refractivity contribution in [2.24, 2.45) is 5.41 Å². The summed E-state index contributed by atoms with van der Waals surface area (Å²) in [6.07, 6.45) is 3.74. The number of amides is 1. The SMILES string of the molecule is COCc1ccc(C(=O)N2CCC[C@](CO)(CCc3ccccc3)C2)s1. The first-order valence-corrected chi connectivity index (χ1v) is 9.99. The van der Waals surface area contributed by atoms with Gasteiger partial charge in [0, 0.05) is 30.5 Å². The number of hydrogen-bond acceptors (Lipinski definition) is 4. The van der Waals surface area contributed by atoms with Gasteiger partial charge in [-0.3, -0.25) is 4.79 Å². The van der Waals surface area contributed by atoms with Gasteiger partial charge >= 0.3 is 0 Å². The Hall–Kier alpha value is -1.69. The lowest BCUT2D eigenvalue weighted by molar-refractivity contribution is 0.0231. The number of aliphatic hydroxyl groups is 1. The molecule has 1 amide bonds. The Morgan fingerprint density at radius 3 is 2.81 bits per heavy atom. The number of nitrogens with zero attached hydrogens (tertiary/aromatic N) is 1. The van der Waals surface area contributed by atoms with E-state index in [4.69, 9.17) is 4.74 Å². The predicted octanol–water partition coefficient (Wildman–Crippen LogP) is 3.74. The predicted molar refractivity (Wildman–Crippen MR) is 104 cm³/mol. The molecule has 1 aliphatic heterocycles. The third-order valence-corrected chi connectivity index (χ3v) is 6.28. The van der Waals surface area contributed by atoms with E-state index in [0.29, 0.717) is 13.2 Å². The summed E-state index contributed by atoms with van der Waals surface area (Å²) in [5, 5.41) is 10.1. The van der Waals surface area contributed by atoms with E-state index >= 15 is 0 Å². The van der Waals surface area contributed by atoms with Crippen LogP contribution in [-0.2, 0) is 17.8 Å². The zero-order valence-corrected chi connectivity index (χ0v) is 16.1. The summed E-state index contributed by atoms with van der Waals surface area (Å²) in [6, 6.07) is 14.2. The summed E-state index contributed by atoms with van der Waals surface area (Å²) in [6.45, 7) is 2.06. The number of rotatable bonds is 7. The Bertz CT molecular complexity index is 715. The summed E-state index contributed by atoms with van der Waals surface area (Å²) in [5.74, 6) is 0.0783. The number of hydrogen-bond donors (Lipinski definition) is 1. The normalized spacial score (nSPS) is 20.3. The maximum atomic E-state index is 12.9. The molecule has 0 bridgehead atoms. The molecule has 140 valence electrons. The van der Waals surface area contributed by atoms with Crippen molar-refractivity contribution in [2.45, 2.75) is 32.3 Å². The van der Waals surface area contributed by atoms with Crippen molar-refractivity contribution in [2.75, 3.05) is 26.8 Å². The van der Waals surface area contributed by atoms with Crippen molar-refractivity contribution >= 4 is 17.2 Å². The van der Waals surface area contributed by atoms with E-state index in [1.807, 2.05) is 35.2 Å². The minimum atomic E-state index is -0.198. The van der Waals surface area contributed by atoms with Crippen molar-refractivity contribution in [3.8, 4) is 0 Å². The first-order valence-electron chi connectivity index (χ1n) is 9.17. The van der Waals surface area contributed by atoms with Crippen molar-refractivity contribution in [1.29, 1.82) is 0 Å². The molecule has 0 unspecified atom stereocenters. The van der Waals surface area contributed by atoms with Gasteiger partial charge in [0.05, 0.1) is 18.1 Å². The fraction of sp³-hybridized carbons (Fsp3) is 0.476. The molecule has 0 saturated carbocycles. The zero-order valence-electron chi connectivity index (χ0n) is 15.3. The smallest absolute Gasteiger partial charge is 0.263 e. The van der Waals surface area contributed by atoms with Crippen molar-refractivity contribution in [1.82, 2.24) is 4.90 Å². The number of likely N-dealkylation sites (tertiary alicyclic amines) is 1. The number of aliphatic hydroxyl groups excluding tert-OH is 1. The molecule has 0 aliphatic carbocycles. The average molecular weight is 374 g/mol. The first kappa shape index (κ1) is 19.1. The molecule has 0 radical (unpaired) electrons. The minimum absolute atomic E-state index is 0.0783. The van der Waals surface area contributed by atoms with Crippen LogP contribution in [0.3, 0.4) is 0 Å². The molecule has 1 fully saturated rings. The lowest BCUT2D eigenvalue weighted by atomic mass is 9.76. The fourth-order valence-corrected chi connectivity index (χ4v) is 4.66. The van der Waals surface area contributed by atoms with Gasteiger partial charge in [-0.25, -0.2) is 0 Å². The van der Waals surface area contributed by atoms with Crippen LogP contribution in [0.2, 0.25) is 0 Å². The Morgan fingerprint density at radius 1 is 1.27 bits per heavy atom. The Labute approximate surface area is 159 Å². The average Bonchev–Trinajstić information content (AvgIpc) is 3.16. The monoisotopic (exact) mass is 373 g/mol. The number of carbonyl (C=O) groups excluding carboxylic acids is 1. The van der Waals surface area contributed by atoms with Crippen LogP contribution in [-0.4, -0.2) is 42.7 Å². The van der Waals surface area contributed by atoms with Gasteiger partial charge in [-0.05, 0) is 43.4 Å². The molecule has 2 heterocycles. The number of ether oxygens (including phenoxy) is 1. The maximum Gasteiger partial charge on any atom is 0.263 e. The molecule has 1 aromatic heterocycles. The standard InChI is InChI=1S/C21H27NO3S/c1-25-14-18-8-9-19(26-18)20(24)22-13-5-11-21(15-22,16-23)12-10-17-6-3-2-4-7-17/h2-4,6-9,23H,5,10-16H2,1H3/t21-/m0/s1. The van der Waals surface area contributed by atoms with Crippen LogP contribution in [0.4, 0.5) is 0 Å². The van der Waals surface area contributed by atoms with Crippen molar-refractivity contribution in [3.63, 3.8) is 0 Å². The summed E-state index contributed by atoms with van der Waals surface area (Å²) in [5.41, 5.74) is 1.09. The van der Waals surface area contributed by atoms with Gasteiger partial charge < -0.3 is 14.7 Å². The first-order chi connectivity index (χ1) is 12.7. The quantitative estimate of drug-likeness (QED) is 0.804. The van der Waals surface area contributed by atoms with Gasteiger partial charge in [-0.1, -0.05) is 30.3 Å². The third kappa shape index (κ3) is 4.53. The zero-order chi connectivity index (χ0) is 18.4. The van der Waals surface area contributed by atoms with Gasteiger partial charge in [0.15, 0.2) is 0 Å². The van der Waals surface area contributed by atoms with Crippen LogP contribution in [0, 0.1) is 5.41 Å². The second kappa shape index (κ2) is 8.80. The second-order valence-corrected chi connectivity index (χ2v) is 8.34. The molecular formula is C21H27NO3S. The fourth-order valence-electron chi connectivity index (χ4n) is 3.72. The third-order valence-electron chi connectivity index (χ3n) is 5.23. The van der Waals surface area contributed by atoms with Gasteiger partial charge in [-0.2, -0.15) is 0 Å². The number of carbonyl (C=O) groups is 1. The van der Waals surface area contributed by atoms with Crippen LogP contribution in [0.25, 0.3) is 0 Å². The lowest BCUT2D eigenvalue weighted by Crippen LogP contribution is -2.48. The number of benzene rings is 1. The van der Waals surface area contributed by atoms with Gasteiger partial charge in [0.2, 0.25) is 0 Å². The van der Waals surface area contributed by atoms with E-state index in [-0.39, 0.29) is 17.9 Å². The summed E-state index contributed by atoms with van der Waals surface area (Å²) in [4.78, 5) is 16.7. The Morgan fingerprint density at radius 2 is 2.08 bits per heavy atom. The molecule has 4 nitrogen and oxygen atoms in total. The van der Waals surface area contributed by atoms with Crippen molar-refractivity contribution < 1.29 is 14.6 Å². The summed E-state index contributed by atoms with van der Waals surface area (Å²) in [7, 11) is 1.66. The molecule has 26 heavy (non-hydrogen) atoms. The molecule has 1 atom stereocenters. The highest BCUT2D eigenvalue weighted by molar-refractivity contribution is 7.14. The molecule has 1 N–H and O–H groups in total. The van der Waals surface area contributed by atoms with Crippen molar-refractivity contribution in [3.05, 3.63) is 57.8 Å². The molecule has 1 aliphatic rings. The molecule has 2 aromatic rings. The van der Waals surface area contributed by atoms with E-state index in [2.05, 4.69) is 12.1 Å². The van der Waals surface area contributed by atoms with E-state index < -0.39 is 0 Å². The van der Waals surface area contributed by atoms with E-state index in [0.717, 1.165) is 42.0 Å². The number of thiophene rings is 1. The Balaban J connectivity index is 1.66. The van der Waals surface area contributed by atoms with E-state index in [9.17, 15) is 9.90 Å². The van der Waals surface area contributed by atoms with Crippen LogP contribution < -0.4 is 0 Å². The minimum Gasteiger partial charge on any atom is -0.396 e. The largest absolute Gasteiger partial charge is 0.396 e. The second-order valence-electron chi connectivity index (χ2n) is 7.17. The van der Waals surface area contributed by atoms with Gasteiger partial charge in [-0.15, -0.1) is 11.3 Å². The van der Waals surface area contributed by atoms with E-state index in [1.165, 1.54) is 16.9 Å². The summed E-state index contributed by atoms with van der Waals surface area (Å²) < 4.78 is 5.14. The topological polar surface area (TPSA) is 49.8 Å². The molecule has 1 aromatic carbocycles. The molecule has 5 heteroatoms. The van der Waals surface area contributed by atoms with Gasteiger partial charge in [0.25, 0.3) is 5.91 Å². The van der Waals surface area contributed by atoms with Crippen LogP contribution >= 0.6 is 11.3 Å². The molecular weight excluding hydrogens is 346 g/mol. The highest BCUT2D eigenvalue weighted by Crippen LogP contribution is 2.35. The Kier molecular flexibility index (Phi) is 6.46. The highest BCUT2D eigenvalue weighted by Gasteiger charge is 2.36. The number of piperidine rings is 1. The van der Waals surface area contributed by atoms with Gasteiger partial charge in [0.1, 0.15) is 0 Å². The van der Waals surface area contributed by atoms with Crippen LogP contribution in [0.1, 0.15) is 39.4 Å². The number of methoxy groups -OCH3 is 1. The highest BCUT2D eigenvalue weighted by atomic mass is 32.1. The van der Waals surface area contributed by atoms with Crippen LogP contribution in [0.5, 0.6) is 0 Å². The van der Waals surface area contributed by atoms with E-state index in [1.54, 1.807) is 7.11 Å². The lowest BCUT2D eigenvalue weighted by Gasteiger charge is -2.42. The summed E-state index contributed by atoms with van der Waals surface area (Å²) >= 11 is 1.50.